The molecule has 0 aliphatic heterocycles. The van der Waals surface area contributed by atoms with Crippen molar-refractivity contribution in [2.45, 2.75) is 18.9 Å². The maximum absolute atomic E-state index is 14.6. The molecule has 1 heterocycles. The maximum Gasteiger partial charge on any atom is 0.341 e. The monoisotopic (exact) mass is 365 g/mol. The third kappa shape index (κ3) is 3.41. The van der Waals surface area contributed by atoms with Crippen LogP contribution in [0, 0.1) is 5.82 Å². The second-order valence-corrected chi connectivity index (χ2v) is 6.20. The largest absolute Gasteiger partial charge is 0.477 e. The maximum atomic E-state index is 14.6. The number of halogens is 1. The zero-order valence-electron chi connectivity index (χ0n) is 14.0. The molecule has 4 N–H and O–H groups in total. The van der Waals surface area contributed by atoms with Crippen molar-refractivity contribution in [3.05, 3.63) is 39.9 Å². The van der Waals surface area contributed by atoms with Crippen LogP contribution in [0.3, 0.4) is 0 Å². The molecular weight excluding hydrogens is 345 g/mol. The van der Waals surface area contributed by atoms with Crippen LogP contribution in [0.1, 0.15) is 29.2 Å². The molecule has 1 aliphatic rings. The Balaban J connectivity index is 2.14. The van der Waals surface area contributed by atoms with Gasteiger partial charge in [0.2, 0.25) is 5.43 Å². The van der Waals surface area contributed by atoms with Gasteiger partial charge >= 0.3 is 5.97 Å². The fourth-order valence-electron chi connectivity index (χ4n) is 2.97. The number of aliphatic hydroxyl groups excluding tert-OH is 2. The summed E-state index contributed by atoms with van der Waals surface area (Å²) in [6, 6.07) is 2.57. The van der Waals surface area contributed by atoms with Crippen LogP contribution in [0.2, 0.25) is 0 Å². The van der Waals surface area contributed by atoms with Gasteiger partial charge in [0.15, 0.2) is 0 Å². The lowest BCUT2D eigenvalue weighted by molar-refractivity contribution is 0.0695. The Morgan fingerprint density at radius 3 is 2.65 bits per heavy atom. The second-order valence-electron chi connectivity index (χ2n) is 6.20. The quantitative estimate of drug-likeness (QED) is 0.397. The number of aromatic nitrogens is 1. The topological polar surface area (TPSA) is 115 Å². The van der Waals surface area contributed by atoms with Crippen molar-refractivity contribution in [3.63, 3.8) is 0 Å². The van der Waals surface area contributed by atoms with E-state index in [9.17, 15) is 24.2 Å². The zero-order valence-corrected chi connectivity index (χ0v) is 14.0. The number of aliphatic hydroxyl groups is 2. The Hall–Kier alpha value is -2.49. The van der Waals surface area contributed by atoms with E-state index in [4.69, 9.17) is 5.11 Å². The molecule has 0 amide bonds. The van der Waals surface area contributed by atoms with Gasteiger partial charge in [0.05, 0.1) is 17.9 Å². The lowest BCUT2D eigenvalue weighted by Crippen LogP contribution is -2.34. The minimum Gasteiger partial charge on any atom is -0.477 e. The van der Waals surface area contributed by atoms with Crippen molar-refractivity contribution < 1.29 is 24.5 Å². The smallest absolute Gasteiger partial charge is 0.341 e. The highest BCUT2D eigenvalue weighted by Gasteiger charge is 2.27. The number of carbonyl (C=O) groups is 1. The molecule has 2 aromatic rings. The fourth-order valence-corrected chi connectivity index (χ4v) is 2.97. The normalized spacial score (nSPS) is 14.0. The summed E-state index contributed by atoms with van der Waals surface area (Å²) >= 11 is 0. The number of rotatable bonds is 8. The Kier molecular flexibility index (Phi) is 5.21. The lowest BCUT2D eigenvalue weighted by Gasteiger charge is -2.24. The van der Waals surface area contributed by atoms with Gasteiger partial charge < -0.3 is 24.8 Å². The summed E-state index contributed by atoms with van der Waals surface area (Å²) in [6.07, 6.45) is 3.02. The first kappa shape index (κ1) is 18.3. The number of carboxylic acid groups (broad SMARTS) is 1. The molecular formula is C17H20FN3O5. The minimum atomic E-state index is -1.34. The third-order valence-corrected chi connectivity index (χ3v) is 4.45. The van der Waals surface area contributed by atoms with Crippen molar-refractivity contribution in [2.75, 3.05) is 31.5 Å². The summed E-state index contributed by atoms with van der Waals surface area (Å²) in [5.74, 6) is -2.07. The molecule has 1 aromatic carbocycles. The minimum absolute atomic E-state index is 0.00410. The molecule has 1 saturated carbocycles. The van der Waals surface area contributed by atoms with Crippen LogP contribution in [0.5, 0.6) is 0 Å². The van der Waals surface area contributed by atoms with Crippen LogP contribution in [0.15, 0.2) is 23.1 Å². The lowest BCUT2D eigenvalue weighted by atomic mass is 10.1. The van der Waals surface area contributed by atoms with E-state index >= 15 is 0 Å². The second kappa shape index (κ2) is 7.40. The fraction of sp³-hybridized carbons (Fsp3) is 0.412. The number of carboxylic acids is 1. The number of nitrogens with zero attached hydrogens (tertiary/aromatic N) is 2. The van der Waals surface area contributed by atoms with Gasteiger partial charge in [-0.15, -0.1) is 0 Å². The van der Waals surface area contributed by atoms with E-state index in [-0.39, 0.29) is 36.0 Å². The van der Waals surface area contributed by atoms with Gasteiger partial charge in [0.25, 0.3) is 0 Å². The van der Waals surface area contributed by atoms with E-state index < -0.39 is 23.9 Å². The van der Waals surface area contributed by atoms with E-state index in [0.717, 1.165) is 18.9 Å². The molecule has 0 spiro atoms. The van der Waals surface area contributed by atoms with E-state index in [1.807, 2.05) is 0 Å². The molecule has 0 bridgehead atoms. The van der Waals surface area contributed by atoms with Crippen molar-refractivity contribution in [1.82, 2.24) is 9.88 Å². The molecule has 140 valence electrons. The molecule has 0 radical (unpaired) electrons. The first-order chi connectivity index (χ1) is 12.5. The van der Waals surface area contributed by atoms with Crippen LogP contribution in [-0.2, 0) is 0 Å². The standard InChI is InChI=1S/C17H20FN3O5/c18-13-5-11-14(6-15(13)20(9-23)4-3-19-8-22)21(10-1-2-10)7-12(16(11)24)17(25)26/h5-7,10,19,22-23H,1-4,8-9H2,(H,25,26). The molecule has 0 atom stereocenters. The van der Waals surface area contributed by atoms with Crippen molar-refractivity contribution >= 4 is 22.6 Å². The van der Waals surface area contributed by atoms with Crippen molar-refractivity contribution in [2.24, 2.45) is 0 Å². The van der Waals surface area contributed by atoms with Crippen LogP contribution in [0.25, 0.3) is 10.9 Å². The molecule has 0 unspecified atom stereocenters. The number of anilines is 1. The van der Waals surface area contributed by atoms with Crippen LogP contribution >= 0.6 is 0 Å². The van der Waals surface area contributed by atoms with Crippen molar-refractivity contribution in [1.29, 1.82) is 0 Å². The Morgan fingerprint density at radius 1 is 1.35 bits per heavy atom. The Bertz CT molecular complexity index is 894. The first-order valence-electron chi connectivity index (χ1n) is 8.27. The predicted octanol–water partition coefficient (Wildman–Crippen LogP) is 0.469. The summed E-state index contributed by atoms with van der Waals surface area (Å²) in [5, 5.41) is 30.3. The van der Waals surface area contributed by atoms with E-state index in [1.165, 1.54) is 17.2 Å². The van der Waals surface area contributed by atoms with Gasteiger partial charge in [-0.2, -0.15) is 0 Å². The molecule has 9 heteroatoms. The third-order valence-electron chi connectivity index (χ3n) is 4.45. The van der Waals surface area contributed by atoms with Crippen LogP contribution in [0.4, 0.5) is 10.1 Å². The van der Waals surface area contributed by atoms with Gasteiger partial charge in [-0.1, -0.05) is 0 Å². The molecule has 8 nitrogen and oxygen atoms in total. The van der Waals surface area contributed by atoms with E-state index in [1.54, 1.807) is 4.57 Å². The molecule has 1 fully saturated rings. The van der Waals surface area contributed by atoms with Gasteiger partial charge in [-0.05, 0) is 25.0 Å². The average Bonchev–Trinajstić information content (AvgIpc) is 3.44. The number of pyridine rings is 1. The molecule has 1 aromatic heterocycles. The number of nitrogens with one attached hydrogen (secondary N) is 1. The van der Waals surface area contributed by atoms with Crippen LogP contribution in [-0.4, -0.2) is 52.4 Å². The molecule has 3 rings (SSSR count). The highest BCUT2D eigenvalue weighted by Crippen LogP contribution is 2.38. The highest BCUT2D eigenvalue weighted by atomic mass is 19.1. The number of benzene rings is 1. The van der Waals surface area contributed by atoms with Gasteiger partial charge in [0, 0.05) is 30.7 Å². The number of fused-ring (bicyclic) bond motifs is 1. The van der Waals surface area contributed by atoms with Crippen molar-refractivity contribution in [3.8, 4) is 0 Å². The summed E-state index contributed by atoms with van der Waals surface area (Å²) in [6.45, 7) is -0.128. The number of hydrogen-bond acceptors (Lipinski definition) is 6. The number of aromatic carboxylic acids is 1. The molecule has 0 saturated heterocycles. The van der Waals surface area contributed by atoms with E-state index in [2.05, 4.69) is 5.32 Å². The van der Waals surface area contributed by atoms with Gasteiger partial charge in [0.1, 0.15) is 18.1 Å². The molecule has 1 aliphatic carbocycles. The Labute approximate surface area is 148 Å². The summed E-state index contributed by atoms with van der Waals surface area (Å²) in [7, 11) is 0. The number of hydrogen-bond donors (Lipinski definition) is 4. The SMILES string of the molecule is O=C(O)c1cn(C2CC2)c2cc(N(CO)CCNCO)c(F)cc2c1=O. The summed E-state index contributed by atoms with van der Waals surface area (Å²) in [4.78, 5) is 25.1. The molecule has 26 heavy (non-hydrogen) atoms. The van der Waals surface area contributed by atoms with Gasteiger partial charge in [-0.3, -0.25) is 10.1 Å². The first-order valence-corrected chi connectivity index (χ1v) is 8.27. The van der Waals surface area contributed by atoms with Crippen LogP contribution < -0.4 is 15.6 Å². The predicted molar refractivity (Wildman–Crippen MR) is 92.9 cm³/mol. The van der Waals surface area contributed by atoms with Gasteiger partial charge in [-0.25, -0.2) is 9.18 Å². The van der Waals surface area contributed by atoms with E-state index in [0.29, 0.717) is 12.1 Å². The average molecular weight is 365 g/mol. The summed E-state index contributed by atoms with van der Waals surface area (Å²) < 4.78 is 16.3. The Morgan fingerprint density at radius 2 is 2.08 bits per heavy atom. The summed E-state index contributed by atoms with van der Waals surface area (Å²) in [5.41, 5.74) is -0.570. The zero-order chi connectivity index (χ0) is 18.8. The highest BCUT2D eigenvalue weighted by molar-refractivity contribution is 5.93.